The van der Waals surface area contributed by atoms with E-state index in [0.29, 0.717) is 17.5 Å². The Bertz CT molecular complexity index is 905. The summed E-state index contributed by atoms with van der Waals surface area (Å²) < 4.78 is 0. The Morgan fingerprint density at radius 2 is 1.92 bits per heavy atom. The van der Waals surface area contributed by atoms with Crippen LogP contribution in [0.5, 0.6) is 5.75 Å². The van der Waals surface area contributed by atoms with Crippen LogP contribution in [-0.4, -0.2) is 16.0 Å². The van der Waals surface area contributed by atoms with Crippen LogP contribution >= 0.6 is 0 Å². The fourth-order valence-corrected chi connectivity index (χ4v) is 3.07. The van der Waals surface area contributed by atoms with Crippen molar-refractivity contribution in [3.05, 3.63) is 71.4 Å². The average Bonchev–Trinajstić information content (AvgIpc) is 2.62. The molecule has 4 nitrogen and oxygen atoms in total. The molecule has 1 heterocycles. The van der Waals surface area contributed by atoms with Crippen molar-refractivity contribution in [3.8, 4) is 5.75 Å². The summed E-state index contributed by atoms with van der Waals surface area (Å²) in [4.78, 5) is 16.6. The lowest BCUT2D eigenvalue weighted by Crippen LogP contribution is -2.29. The van der Waals surface area contributed by atoms with E-state index in [9.17, 15) is 9.90 Å². The summed E-state index contributed by atoms with van der Waals surface area (Å²) in [5.41, 5.74) is 3.23. The molecular formula is C21H22N2O2. The van der Waals surface area contributed by atoms with Gasteiger partial charge < -0.3 is 10.4 Å². The normalized spacial score (nSPS) is 12.1. The summed E-state index contributed by atoms with van der Waals surface area (Å²) in [6, 6.07) is 15.0. The highest BCUT2D eigenvalue weighted by Gasteiger charge is 2.22. The van der Waals surface area contributed by atoms with E-state index in [-0.39, 0.29) is 11.7 Å². The highest BCUT2D eigenvalue weighted by molar-refractivity contribution is 5.86. The lowest BCUT2D eigenvalue weighted by Gasteiger charge is -2.23. The summed E-state index contributed by atoms with van der Waals surface area (Å²) in [6.07, 6.45) is 2.89. The Kier molecular flexibility index (Phi) is 4.98. The highest BCUT2D eigenvalue weighted by Crippen LogP contribution is 2.35. The van der Waals surface area contributed by atoms with Crippen molar-refractivity contribution in [2.75, 3.05) is 0 Å². The second kappa shape index (κ2) is 7.34. The molecule has 4 heteroatoms. The molecule has 128 valence electrons. The number of aromatic hydroxyl groups is 1. The molecule has 3 aromatic rings. The van der Waals surface area contributed by atoms with Crippen LogP contribution in [0.3, 0.4) is 0 Å². The average molecular weight is 334 g/mol. The Hall–Kier alpha value is -2.88. The maximum atomic E-state index is 12.3. The molecule has 0 saturated carbocycles. The van der Waals surface area contributed by atoms with E-state index in [1.54, 1.807) is 6.20 Å². The molecule has 1 amide bonds. The quantitative estimate of drug-likeness (QED) is 0.733. The molecule has 0 aliphatic rings. The van der Waals surface area contributed by atoms with Gasteiger partial charge in [0.05, 0.1) is 6.04 Å². The van der Waals surface area contributed by atoms with E-state index >= 15 is 0 Å². The first kappa shape index (κ1) is 17.0. The number of nitrogens with zero attached hydrogens (tertiary/aromatic N) is 1. The van der Waals surface area contributed by atoms with Crippen LogP contribution in [0.1, 0.15) is 42.5 Å². The Labute approximate surface area is 147 Å². The minimum Gasteiger partial charge on any atom is -0.505 e. The third-order valence-corrected chi connectivity index (χ3v) is 4.37. The topological polar surface area (TPSA) is 62.2 Å². The third kappa shape index (κ3) is 3.48. The van der Waals surface area contributed by atoms with Gasteiger partial charge in [0.1, 0.15) is 11.3 Å². The molecule has 1 aromatic heterocycles. The fourth-order valence-electron chi connectivity index (χ4n) is 3.07. The minimum atomic E-state index is -0.411. The van der Waals surface area contributed by atoms with Crippen LogP contribution in [0.25, 0.3) is 10.9 Å². The number of hydrogen-bond acceptors (Lipinski definition) is 3. The first-order chi connectivity index (χ1) is 12.1. The molecule has 2 aromatic carbocycles. The van der Waals surface area contributed by atoms with Gasteiger partial charge in [0, 0.05) is 23.6 Å². The number of aromatic nitrogens is 1. The molecular weight excluding hydrogens is 312 g/mol. The number of aryl methyl sites for hydroxylation is 1. The maximum absolute atomic E-state index is 12.3. The molecule has 0 spiro atoms. The van der Waals surface area contributed by atoms with E-state index in [1.807, 2.05) is 62.4 Å². The van der Waals surface area contributed by atoms with Crippen molar-refractivity contribution < 1.29 is 9.90 Å². The predicted octanol–water partition coefficient (Wildman–Crippen LogP) is 4.25. The number of carbonyl (C=O) groups is 1. The Morgan fingerprint density at radius 1 is 1.12 bits per heavy atom. The molecule has 25 heavy (non-hydrogen) atoms. The Balaban J connectivity index is 2.13. The maximum Gasteiger partial charge on any atom is 0.220 e. The zero-order valence-electron chi connectivity index (χ0n) is 14.5. The molecule has 0 fully saturated rings. The number of benzene rings is 2. The number of carbonyl (C=O) groups excluding carboxylic acids is 1. The summed E-state index contributed by atoms with van der Waals surface area (Å²) in [5.74, 6) is 0.0828. The summed E-state index contributed by atoms with van der Waals surface area (Å²) in [7, 11) is 0. The third-order valence-electron chi connectivity index (χ3n) is 4.37. The molecule has 0 saturated heterocycles. The lowest BCUT2D eigenvalue weighted by atomic mass is 9.93. The second-order valence-electron chi connectivity index (χ2n) is 6.19. The van der Waals surface area contributed by atoms with E-state index in [4.69, 9.17) is 0 Å². The molecule has 3 rings (SSSR count). The van der Waals surface area contributed by atoms with Gasteiger partial charge in [-0.05, 0) is 30.5 Å². The number of amides is 1. The van der Waals surface area contributed by atoms with Crippen molar-refractivity contribution in [2.45, 2.75) is 32.7 Å². The first-order valence-corrected chi connectivity index (χ1v) is 8.53. The van der Waals surface area contributed by atoms with Gasteiger partial charge in [-0.15, -0.1) is 0 Å². The number of pyridine rings is 1. The van der Waals surface area contributed by atoms with Gasteiger partial charge in [0.15, 0.2) is 0 Å². The van der Waals surface area contributed by atoms with Gasteiger partial charge in [0.2, 0.25) is 5.91 Å². The largest absolute Gasteiger partial charge is 0.505 e. The molecule has 0 aliphatic heterocycles. The minimum absolute atomic E-state index is 0.0312. The van der Waals surface area contributed by atoms with Crippen molar-refractivity contribution in [1.29, 1.82) is 0 Å². The monoisotopic (exact) mass is 334 g/mol. The lowest BCUT2D eigenvalue weighted by molar-refractivity contribution is -0.121. The summed E-state index contributed by atoms with van der Waals surface area (Å²) in [5, 5.41) is 14.7. The van der Waals surface area contributed by atoms with Crippen LogP contribution in [0.2, 0.25) is 0 Å². The van der Waals surface area contributed by atoms with Gasteiger partial charge in [0.25, 0.3) is 0 Å². The van der Waals surface area contributed by atoms with Crippen LogP contribution in [0.15, 0.2) is 54.7 Å². The van der Waals surface area contributed by atoms with Gasteiger partial charge in [-0.25, -0.2) is 0 Å². The predicted molar refractivity (Wildman–Crippen MR) is 99.5 cm³/mol. The SMILES string of the molecule is CCCC(=O)NC(c1ccccc1C)c1ccc2cccnc2c1O. The zero-order valence-corrected chi connectivity index (χ0v) is 14.5. The van der Waals surface area contributed by atoms with E-state index < -0.39 is 6.04 Å². The summed E-state index contributed by atoms with van der Waals surface area (Å²) >= 11 is 0. The molecule has 0 bridgehead atoms. The number of hydrogen-bond donors (Lipinski definition) is 2. The number of phenolic OH excluding ortho intramolecular Hbond substituents is 1. The molecule has 0 radical (unpaired) electrons. The molecule has 1 unspecified atom stereocenters. The van der Waals surface area contributed by atoms with Crippen molar-refractivity contribution in [2.24, 2.45) is 0 Å². The van der Waals surface area contributed by atoms with Gasteiger partial charge in [-0.3, -0.25) is 9.78 Å². The fraction of sp³-hybridized carbons (Fsp3) is 0.238. The van der Waals surface area contributed by atoms with Gasteiger partial charge in [-0.2, -0.15) is 0 Å². The number of rotatable bonds is 5. The van der Waals surface area contributed by atoms with Crippen LogP contribution in [-0.2, 0) is 4.79 Å². The molecule has 2 N–H and O–H groups in total. The standard InChI is InChI=1S/C21H22N2O2/c1-3-7-18(24)23-20(16-10-5-4-8-14(16)2)17-12-11-15-9-6-13-22-19(15)21(17)25/h4-6,8-13,20,25H,3,7H2,1-2H3,(H,23,24). The van der Waals surface area contributed by atoms with Gasteiger partial charge in [-0.1, -0.05) is 49.4 Å². The number of fused-ring (bicyclic) bond motifs is 1. The number of phenols is 1. The summed E-state index contributed by atoms with van der Waals surface area (Å²) in [6.45, 7) is 3.98. The van der Waals surface area contributed by atoms with Crippen molar-refractivity contribution >= 4 is 16.8 Å². The van der Waals surface area contributed by atoms with Crippen LogP contribution in [0.4, 0.5) is 0 Å². The first-order valence-electron chi connectivity index (χ1n) is 8.53. The second-order valence-corrected chi connectivity index (χ2v) is 6.19. The van der Waals surface area contributed by atoms with Gasteiger partial charge >= 0.3 is 0 Å². The Morgan fingerprint density at radius 3 is 2.68 bits per heavy atom. The van der Waals surface area contributed by atoms with Crippen LogP contribution in [0, 0.1) is 6.92 Å². The van der Waals surface area contributed by atoms with E-state index in [1.165, 1.54) is 0 Å². The van der Waals surface area contributed by atoms with Crippen molar-refractivity contribution in [1.82, 2.24) is 10.3 Å². The van der Waals surface area contributed by atoms with Crippen LogP contribution < -0.4 is 5.32 Å². The van der Waals surface area contributed by atoms with Crippen molar-refractivity contribution in [3.63, 3.8) is 0 Å². The highest BCUT2D eigenvalue weighted by atomic mass is 16.3. The molecule has 0 aliphatic carbocycles. The van der Waals surface area contributed by atoms with E-state index in [2.05, 4.69) is 10.3 Å². The zero-order chi connectivity index (χ0) is 17.8. The molecule has 1 atom stereocenters. The smallest absolute Gasteiger partial charge is 0.220 e. The van der Waals surface area contributed by atoms with E-state index in [0.717, 1.165) is 22.9 Å². The number of nitrogens with one attached hydrogen (secondary N) is 1.